The van der Waals surface area contributed by atoms with Crippen molar-refractivity contribution >= 4 is 0 Å². The maximum Gasteiger partial charge on any atom is 0.104 e. The van der Waals surface area contributed by atoms with Gasteiger partial charge in [0.2, 0.25) is 0 Å². The molecule has 0 aliphatic heterocycles. The summed E-state index contributed by atoms with van der Waals surface area (Å²) in [6.45, 7) is 13.3. The zero-order chi connectivity index (χ0) is 22.1. The molecule has 3 rings (SSSR count). The van der Waals surface area contributed by atoms with E-state index in [2.05, 4.69) is 40.3 Å². The minimum atomic E-state index is -0.773. The zero-order valence-corrected chi connectivity index (χ0v) is 19.5. The summed E-state index contributed by atoms with van der Waals surface area (Å²) in [4.78, 5) is 0. The van der Waals surface area contributed by atoms with Gasteiger partial charge in [0.1, 0.15) is 6.17 Å². The molecule has 2 nitrogen and oxygen atoms in total. The molecule has 3 heteroatoms. The van der Waals surface area contributed by atoms with Crippen molar-refractivity contribution in [3.05, 3.63) is 35.5 Å². The van der Waals surface area contributed by atoms with Crippen LogP contribution in [0.3, 0.4) is 0 Å². The highest BCUT2D eigenvalue weighted by Crippen LogP contribution is 2.60. The summed E-state index contributed by atoms with van der Waals surface area (Å²) in [5.41, 5.74) is 2.88. The SMILES string of the molecule is C=C1/C(=C\C=C2/C[C@@H](F)C[C@]3(C)[C@@H]([C@H](C)CCCC(C)C)CC[C@@H]23)C[C@@H](O)C[C@@H]1O. The van der Waals surface area contributed by atoms with Crippen LogP contribution in [0.25, 0.3) is 0 Å². The number of alkyl halides is 1. The number of rotatable bonds is 6. The van der Waals surface area contributed by atoms with E-state index in [1.165, 1.54) is 31.3 Å². The molecule has 0 radical (unpaired) electrons. The minimum absolute atomic E-state index is 0.0435. The first kappa shape index (κ1) is 23.7. The van der Waals surface area contributed by atoms with Crippen molar-refractivity contribution in [1.29, 1.82) is 0 Å². The van der Waals surface area contributed by atoms with Gasteiger partial charge in [-0.1, -0.05) is 71.3 Å². The van der Waals surface area contributed by atoms with Gasteiger partial charge in [-0.25, -0.2) is 4.39 Å². The van der Waals surface area contributed by atoms with Crippen LogP contribution in [0.1, 0.15) is 85.5 Å². The topological polar surface area (TPSA) is 40.5 Å². The average Bonchev–Trinajstić information content (AvgIpc) is 2.99. The summed E-state index contributed by atoms with van der Waals surface area (Å²) < 4.78 is 14.9. The van der Waals surface area contributed by atoms with Gasteiger partial charge in [0.05, 0.1) is 12.2 Å². The van der Waals surface area contributed by atoms with Crippen LogP contribution in [0.5, 0.6) is 0 Å². The Hall–Kier alpha value is -0.930. The fourth-order valence-electron chi connectivity index (χ4n) is 6.75. The Morgan fingerprint density at radius 1 is 1.13 bits per heavy atom. The van der Waals surface area contributed by atoms with Gasteiger partial charge < -0.3 is 10.2 Å². The molecule has 0 amide bonds. The summed E-state index contributed by atoms with van der Waals surface area (Å²) >= 11 is 0. The first-order valence-corrected chi connectivity index (χ1v) is 12.2. The second kappa shape index (κ2) is 9.69. The van der Waals surface area contributed by atoms with Crippen LogP contribution in [0.4, 0.5) is 4.39 Å². The second-order valence-corrected chi connectivity index (χ2v) is 11.1. The highest BCUT2D eigenvalue weighted by atomic mass is 19.1. The van der Waals surface area contributed by atoms with E-state index in [1.54, 1.807) is 0 Å². The Morgan fingerprint density at radius 3 is 2.57 bits per heavy atom. The highest BCUT2D eigenvalue weighted by Gasteiger charge is 2.52. The van der Waals surface area contributed by atoms with Crippen molar-refractivity contribution in [1.82, 2.24) is 0 Å². The molecular weight excluding hydrogens is 375 g/mol. The van der Waals surface area contributed by atoms with Crippen molar-refractivity contribution in [3.8, 4) is 0 Å². The van der Waals surface area contributed by atoms with Gasteiger partial charge in [0.25, 0.3) is 0 Å². The number of aliphatic hydroxyl groups excluding tert-OH is 2. The molecule has 2 N–H and O–H groups in total. The van der Waals surface area contributed by atoms with Crippen LogP contribution in [-0.2, 0) is 0 Å². The molecule has 0 heterocycles. The fourth-order valence-corrected chi connectivity index (χ4v) is 6.75. The molecule has 3 fully saturated rings. The van der Waals surface area contributed by atoms with E-state index >= 15 is 0 Å². The van der Waals surface area contributed by atoms with Gasteiger partial charge in [0, 0.05) is 12.8 Å². The summed E-state index contributed by atoms with van der Waals surface area (Å²) in [6, 6.07) is 0. The lowest BCUT2D eigenvalue weighted by Crippen LogP contribution is -2.39. The monoisotopic (exact) mass is 418 g/mol. The van der Waals surface area contributed by atoms with E-state index in [0.29, 0.717) is 49.0 Å². The summed E-state index contributed by atoms with van der Waals surface area (Å²) in [5, 5.41) is 20.1. The first-order chi connectivity index (χ1) is 14.1. The van der Waals surface area contributed by atoms with Gasteiger partial charge >= 0.3 is 0 Å². The fraction of sp³-hybridized carbons (Fsp3) is 0.778. The van der Waals surface area contributed by atoms with E-state index in [9.17, 15) is 14.6 Å². The lowest BCUT2D eigenvalue weighted by Gasteiger charge is -2.45. The zero-order valence-electron chi connectivity index (χ0n) is 19.5. The molecule has 3 aliphatic rings. The van der Waals surface area contributed by atoms with Crippen LogP contribution in [0.2, 0.25) is 0 Å². The lowest BCUT2D eigenvalue weighted by atomic mass is 9.60. The van der Waals surface area contributed by atoms with Crippen molar-refractivity contribution in [2.75, 3.05) is 0 Å². The number of aliphatic hydroxyl groups is 2. The van der Waals surface area contributed by atoms with Crippen LogP contribution in [0.15, 0.2) is 35.5 Å². The number of allylic oxidation sites excluding steroid dienone is 3. The molecule has 0 aromatic carbocycles. The van der Waals surface area contributed by atoms with E-state index in [-0.39, 0.29) is 5.41 Å². The highest BCUT2D eigenvalue weighted by molar-refractivity contribution is 5.38. The van der Waals surface area contributed by atoms with E-state index in [1.807, 2.05) is 6.08 Å². The largest absolute Gasteiger partial charge is 0.393 e. The molecular formula is C27H43FO2. The Morgan fingerprint density at radius 2 is 1.87 bits per heavy atom. The summed E-state index contributed by atoms with van der Waals surface area (Å²) in [5.74, 6) is 2.44. The van der Waals surface area contributed by atoms with Crippen LogP contribution >= 0.6 is 0 Å². The third kappa shape index (κ3) is 5.10. The smallest absolute Gasteiger partial charge is 0.104 e. The standard InChI is InChI=1S/C27H43FO2/c1-17(2)7-6-8-18(3)24-11-12-25-21(13-22(28)16-27(24,25)5)10-9-20-14-23(29)15-26(30)19(20)4/h9-10,17-18,22-26,29-30H,4,6-8,11-16H2,1-3,5H3/b20-9-,21-10+/t18-,22-,23-,24-,25+,26+,27-/m1/s1. The second-order valence-electron chi connectivity index (χ2n) is 11.1. The normalized spacial score (nSPS) is 40.9. The average molecular weight is 419 g/mol. The molecule has 0 bridgehead atoms. The predicted octanol–water partition coefficient (Wildman–Crippen LogP) is 6.54. The molecule has 0 spiro atoms. The Bertz CT molecular complexity index is 678. The van der Waals surface area contributed by atoms with E-state index < -0.39 is 18.4 Å². The van der Waals surface area contributed by atoms with Crippen LogP contribution < -0.4 is 0 Å². The predicted molar refractivity (Wildman–Crippen MR) is 123 cm³/mol. The molecule has 0 unspecified atom stereocenters. The van der Waals surface area contributed by atoms with Gasteiger partial charge in [-0.05, 0) is 65.9 Å². The van der Waals surface area contributed by atoms with Gasteiger partial charge in [-0.2, -0.15) is 0 Å². The van der Waals surface area contributed by atoms with Crippen molar-refractivity contribution < 1.29 is 14.6 Å². The van der Waals surface area contributed by atoms with Crippen molar-refractivity contribution in [2.45, 2.75) is 104 Å². The third-order valence-electron chi connectivity index (χ3n) is 8.37. The maximum absolute atomic E-state index is 14.9. The summed E-state index contributed by atoms with van der Waals surface area (Å²) in [7, 11) is 0. The first-order valence-electron chi connectivity index (χ1n) is 12.2. The Kier molecular flexibility index (Phi) is 7.66. The molecule has 0 aromatic heterocycles. The minimum Gasteiger partial charge on any atom is -0.393 e. The van der Waals surface area contributed by atoms with Crippen LogP contribution in [0, 0.1) is 29.1 Å². The van der Waals surface area contributed by atoms with Crippen molar-refractivity contribution in [3.63, 3.8) is 0 Å². The molecule has 170 valence electrons. The van der Waals surface area contributed by atoms with Crippen LogP contribution in [-0.4, -0.2) is 28.6 Å². The van der Waals surface area contributed by atoms with Gasteiger partial charge in [-0.3, -0.25) is 0 Å². The molecule has 3 aliphatic carbocycles. The Labute approximate surface area is 183 Å². The molecule has 3 saturated carbocycles. The molecule has 7 atom stereocenters. The van der Waals surface area contributed by atoms with Crippen molar-refractivity contribution in [2.24, 2.45) is 29.1 Å². The van der Waals surface area contributed by atoms with Gasteiger partial charge in [-0.15, -0.1) is 0 Å². The molecule has 30 heavy (non-hydrogen) atoms. The number of hydrogen-bond acceptors (Lipinski definition) is 2. The maximum atomic E-state index is 14.9. The Balaban J connectivity index is 1.76. The number of halogens is 1. The quantitative estimate of drug-likeness (QED) is 0.514. The summed E-state index contributed by atoms with van der Waals surface area (Å²) in [6.07, 6.45) is 10.4. The third-order valence-corrected chi connectivity index (χ3v) is 8.37. The molecule has 0 saturated heterocycles. The van der Waals surface area contributed by atoms with E-state index in [4.69, 9.17) is 0 Å². The van der Waals surface area contributed by atoms with Gasteiger partial charge in [0.15, 0.2) is 0 Å². The van der Waals surface area contributed by atoms with E-state index in [0.717, 1.165) is 17.9 Å². The number of fused-ring (bicyclic) bond motifs is 1. The molecule has 0 aromatic rings. The number of hydrogen-bond donors (Lipinski definition) is 2. The lowest BCUT2D eigenvalue weighted by molar-refractivity contribution is 0.0523.